The third kappa shape index (κ3) is 4.95. The van der Waals surface area contributed by atoms with Crippen LogP contribution >= 0.6 is 0 Å². The van der Waals surface area contributed by atoms with Crippen molar-refractivity contribution in [2.75, 3.05) is 20.8 Å². The van der Waals surface area contributed by atoms with Crippen LogP contribution in [0.2, 0.25) is 0 Å². The van der Waals surface area contributed by atoms with Crippen molar-refractivity contribution in [3.8, 4) is 0 Å². The van der Waals surface area contributed by atoms with Gasteiger partial charge in [-0.2, -0.15) is 0 Å². The van der Waals surface area contributed by atoms with E-state index in [1.807, 2.05) is 6.92 Å². The molecule has 0 aliphatic carbocycles. The molecule has 0 aliphatic rings. The van der Waals surface area contributed by atoms with Crippen molar-refractivity contribution in [2.24, 2.45) is 0 Å². The molecule has 0 aromatic carbocycles. The van der Waals surface area contributed by atoms with Crippen molar-refractivity contribution >= 4 is 0 Å². The van der Waals surface area contributed by atoms with Gasteiger partial charge in [-0.3, -0.25) is 0 Å². The van der Waals surface area contributed by atoms with Gasteiger partial charge >= 0.3 is 0 Å². The molecule has 0 heterocycles. The fraction of sp³-hybridized carbons (Fsp3) is 0.750. The van der Waals surface area contributed by atoms with Crippen LogP contribution in [0.25, 0.3) is 0 Å². The lowest BCUT2D eigenvalue weighted by Gasteiger charge is -2.12. The van der Waals surface area contributed by atoms with E-state index in [9.17, 15) is 0 Å². The van der Waals surface area contributed by atoms with Gasteiger partial charge in [-0.25, -0.2) is 0 Å². The topological polar surface area (TPSA) is 38.7 Å². The van der Waals surface area contributed by atoms with Crippen LogP contribution in [0.5, 0.6) is 0 Å². The molecule has 0 aromatic rings. The van der Waals surface area contributed by atoms with Crippen molar-refractivity contribution in [3.05, 3.63) is 11.6 Å². The van der Waals surface area contributed by atoms with Crippen molar-refractivity contribution in [2.45, 2.75) is 19.6 Å². The Morgan fingerprint density at radius 1 is 1.45 bits per heavy atom. The third-order valence-corrected chi connectivity index (χ3v) is 1.45. The van der Waals surface area contributed by atoms with Crippen LogP contribution in [0.4, 0.5) is 0 Å². The first-order valence-electron chi connectivity index (χ1n) is 3.56. The zero-order valence-electron chi connectivity index (χ0n) is 7.33. The molecule has 0 saturated heterocycles. The van der Waals surface area contributed by atoms with E-state index in [4.69, 9.17) is 14.6 Å². The van der Waals surface area contributed by atoms with E-state index in [1.54, 1.807) is 20.3 Å². The molecular formula is C8H16O3. The van der Waals surface area contributed by atoms with E-state index in [1.165, 1.54) is 0 Å². The first-order valence-corrected chi connectivity index (χ1v) is 3.56. The van der Waals surface area contributed by atoms with E-state index in [-0.39, 0.29) is 12.9 Å². The van der Waals surface area contributed by atoms with E-state index in [0.717, 1.165) is 5.57 Å². The number of aliphatic hydroxyl groups is 1. The van der Waals surface area contributed by atoms with Crippen molar-refractivity contribution in [1.29, 1.82) is 0 Å². The van der Waals surface area contributed by atoms with Crippen LogP contribution in [0.3, 0.4) is 0 Å². The molecular weight excluding hydrogens is 144 g/mol. The molecule has 66 valence electrons. The van der Waals surface area contributed by atoms with Gasteiger partial charge in [0.2, 0.25) is 0 Å². The summed E-state index contributed by atoms with van der Waals surface area (Å²) < 4.78 is 9.94. The second kappa shape index (κ2) is 6.34. The van der Waals surface area contributed by atoms with Crippen LogP contribution in [-0.2, 0) is 9.47 Å². The van der Waals surface area contributed by atoms with E-state index >= 15 is 0 Å². The minimum atomic E-state index is -0.196. The molecule has 0 bridgehead atoms. The molecule has 0 amide bonds. The molecule has 1 N–H and O–H groups in total. The van der Waals surface area contributed by atoms with E-state index in [2.05, 4.69) is 0 Å². The predicted molar refractivity (Wildman–Crippen MR) is 43.3 cm³/mol. The molecule has 0 aromatic heterocycles. The largest absolute Gasteiger partial charge is 0.392 e. The van der Waals surface area contributed by atoms with Crippen LogP contribution in [0.15, 0.2) is 11.6 Å². The van der Waals surface area contributed by atoms with Crippen LogP contribution in [0, 0.1) is 0 Å². The van der Waals surface area contributed by atoms with Gasteiger partial charge in [-0.1, -0.05) is 11.6 Å². The molecule has 0 spiro atoms. The number of methoxy groups -OCH3 is 2. The highest BCUT2D eigenvalue weighted by molar-refractivity contribution is 4.98. The first-order chi connectivity index (χ1) is 5.24. The lowest BCUT2D eigenvalue weighted by Crippen LogP contribution is -2.13. The Labute approximate surface area is 67.6 Å². The Balaban J connectivity index is 3.71. The van der Waals surface area contributed by atoms with Gasteiger partial charge in [-0.05, 0) is 6.92 Å². The summed E-state index contributed by atoms with van der Waals surface area (Å²) in [5.74, 6) is 0. The second-order valence-electron chi connectivity index (χ2n) is 2.34. The SMILES string of the molecule is COC(C/C(C)=C/CO)OC. The minimum absolute atomic E-state index is 0.0754. The van der Waals surface area contributed by atoms with Gasteiger partial charge in [0.15, 0.2) is 6.29 Å². The number of rotatable bonds is 5. The normalized spacial score (nSPS) is 12.6. The predicted octanol–water partition coefficient (Wildman–Crippen LogP) is 0.934. The highest BCUT2D eigenvalue weighted by Crippen LogP contribution is 2.06. The number of hydrogen-bond acceptors (Lipinski definition) is 3. The lowest BCUT2D eigenvalue weighted by molar-refractivity contribution is -0.100. The van der Waals surface area contributed by atoms with Gasteiger partial charge < -0.3 is 14.6 Å². The summed E-state index contributed by atoms with van der Waals surface area (Å²) in [6.45, 7) is 2.01. The highest BCUT2D eigenvalue weighted by atomic mass is 16.7. The molecule has 0 fully saturated rings. The summed E-state index contributed by atoms with van der Waals surface area (Å²) in [5.41, 5.74) is 1.07. The highest BCUT2D eigenvalue weighted by Gasteiger charge is 2.04. The van der Waals surface area contributed by atoms with Gasteiger partial charge in [0.1, 0.15) is 0 Å². The Hall–Kier alpha value is -0.380. The number of aliphatic hydroxyl groups excluding tert-OH is 1. The standard InChI is InChI=1S/C8H16O3/c1-7(4-5-9)6-8(10-2)11-3/h4,8-9H,5-6H2,1-3H3/b7-4+. The number of hydrogen-bond donors (Lipinski definition) is 1. The third-order valence-electron chi connectivity index (χ3n) is 1.45. The molecule has 0 rings (SSSR count). The molecule has 0 saturated carbocycles. The molecule has 0 radical (unpaired) electrons. The Morgan fingerprint density at radius 3 is 2.36 bits per heavy atom. The molecule has 0 aliphatic heterocycles. The van der Waals surface area contributed by atoms with Gasteiger partial charge in [0.25, 0.3) is 0 Å². The Bertz CT molecular complexity index is 117. The zero-order valence-corrected chi connectivity index (χ0v) is 7.33. The van der Waals surface area contributed by atoms with E-state index < -0.39 is 0 Å². The summed E-state index contributed by atoms with van der Waals surface area (Å²) >= 11 is 0. The van der Waals surface area contributed by atoms with Gasteiger partial charge in [0, 0.05) is 20.6 Å². The maximum absolute atomic E-state index is 8.54. The smallest absolute Gasteiger partial charge is 0.160 e. The monoisotopic (exact) mass is 160 g/mol. The fourth-order valence-electron chi connectivity index (χ4n) is 0.765. The summed E-state index contributed by atoms with van der Waals surface area (Å²) in [6, 6.07) is 0. The second-order valence-corrected chi connectivity index (χ2v) is 2.34. The average Bonchev–Trinajstić information content (AvgIpc) is 2.01. The Morgan fingerprint density at radius 2 is 2.00 bits per heavy atom. The average molecular weight is 160 g/mol. The summed E-state index contributed by atoms with van der Waals surface area (Å²) in [5, 5.41) is 8.54. The summed E-state index contributed by atoms with van der Waals surface area (Å²) in [4.78, 5) is 0. The minimum Gasteiger partial charge on any atom is -0.392 e. The molecule has 11 heavy (non-hydrogen) atoms. The zero-order chi connectivity index (χ0) is 8.69. The van der Waals surface area contributed by atoms with Gasteiger partial charge in [-0.15, -0.1) is 0 Å². The lowest BCUT2D eigenvalue weighted by atomic mass is 10.2. The maximum atomic E-state index is 8.54. The van der Waals surface area contributed by atoms with Crippen LogP contribution in [-0.4, -0.2) is 32.2 Å². The fourth-order valence-corrected chi connectivity index (χ4v) is 0.765. The van der Waals surface area contributed by atoms with Crippen molar-refractivity contribution in [1.82, 2.24) is 0 Å². The van der Waals surface area contributed by atoms with Gasteiger partial charge in [0.05, 0.1) is 6.61 Å². The molecule has 3 nitrogen and oxygen atoms in total. The molecule has 0 atom stereocenters. The summed E-state index contributed by atoms with van der Waals surface area (Å²) in [6.07, 6.45) is 2.25. The van der Waals surface area contributed by atoms with Crippen LogP contribution < -0.4 is 0 Å². The molecule has 0 unspecified atom stereocenters. The molecule has 3 heteroatoms. The van der Waals surface area contributed by atoms with Crippen molar-refractivity contribution in [3.63, 3.8) is 0 Å². The quantitative estimate of drug-likeness (QED) is 0.480. The summed E-state index contributed by atoms with van der Waals surface area (Å²) in [7, 11) is 3.20. The first kappa shape index (κ1) is 10.6. The van der Waals surface area contributed by atoms with Crippen molar-refractivity contribution < 1.29 is 14.6 Å². The van der Waals surface area contributed by atoms with E-state index in [0.29, 0.717) is 6.42 Å². The van der Waals surface area contributed by atoms with Crippen LogP contribution in [0.1, 0.15) is 13.3 Å². The maximum Gasteiger partial charge on any atom is 0.160 e. The number of ether oxygens (including phenoxy) is 2. The Kier molecular flexibility index (Phi) is 6.12.